The monoisotopic (exact) mass is 198 g/mol. The van der Waals surface area contributed by atoms with Gasteiger partial charge in [-0.3, -0.25) is 4.79 Å². The van der Waals surface area contributed by atoms with Crippen molar-refractivity contribution in [3.8, 4) is 0 Å². The summed E-state index contributed by atoms with van der Waals surface area (Å²) in [5.41, 5.74) is 0. The van der Waals surface area contributed by atoms with Crippen LogP contribution in [-0.2, 0) is 9.53 Å². The minimum Gasteiger partial charge on any atom is -0.370 e. The Labute approximate surface area is 84.6 Å². The Morgan fingerprint density at radius 2 is 2.50 bits per heavy atom. The van der Waals surface area contributed by atoms with Crippen LogP contribution in [0.5, 0.6) is 0 Å². The van der Waals surface area contributed by atoms with Gasteiger partial charge in [-0.25, -0.2) is 0 Å². The fourth-order valence-corrected chi connectivity index (χ4v) is 2.13. The minimum absolute atomic E-state index is 0.154. The number of amides is 1. The zero-order valence-corrected chi connectivity index (χ0v) is 8.50. The van der Waals surface area contributed by atoms with Crippen LogP contribution in [0.25, 0.3) is 0 Å². The summed E-state index contributed by atoms with van der Waals surface area (Å²) in [6, 6.07) is 0. The molecule has 80 valence electrons. The van der Waals surface area contributed by atoms with Gasteiger partial charge in [-0.05, 0) is 31.8 Å². The first-order valence-electron chi connectivity index (χ1n) is 5.42. The fourth-order valence-electron chi connectivity index (χ4n) is 2.13. The summed E-state index contributed by atoms with van der Waals surface area (Å²) in [4.78, 5) is 13.4. The first-order chi connectivity index (χ1) is 6.86. The maximum Gasteiger partial charge on any atom is 0.248 e. The Hall–Kier alpha value is -0.610. The van der Waals surface area contributed by atoms with Crippen LogP contribution in [0.4, 0.5) is 0 Å². The van der Waals surface area contributed by atoms with Crippen molar-refractivity contribution in [3.05, 3.63) is 0 Å². The van der Waals surface area contributed by atoms with Crippen LogP contribution in [0, 0.1) is 5.92 Å². The second-order valence-corrected chi connectivity index (χ2v) is 4.10. The quantitative estimate of drug-likeness (QED) is 0.670. The Bertz CT molecular complexity index is 202. The number of hydrogen-bond donors (Lipinski definition) is 1. The van der Waals surface area contributed by atoms with Gasteiger partial charge in [0.2, 0.25) is 5.91 Å². The van der Waals surface area contributed by atoms with Crippen LogP contribution in [0.3, 0.4) is 0 Å². The highest BCUT2D eigenvalue weighted by Crippen LogP contribution is 2.12. The van der Waals surface area contributed by atoms with Crippen molar-refractivity contribution < 1.29 is 9.53 Å². The number of carbonyl (C=O) groups excluding carboxylic acids is 1. The Kier molecular flexibility index (Phi) is 3.37. The molecule has 0 aliphatic carbocycles. The third kappa shape index (κ3) is 2.45. The lowest BCUT2D eigenvalue weighted by Gasteiger charge is -2.32. The molecule has 4 nitrogen and oxygen atoms in total. The molecule has 0 aromatic rings. The highest BCUT2D eigenvalue weighted by atomic mass is 16.5. The van der Waals surface area contributed by atoms with Gasteiger partial charge in [-0.2, -0.15) is 0 Å². The van der Waals surface area contributed by atoms with Crippen LogP contribution in [-0.4, -0.2) is 50.2 Å². The van der Waals surface area contributed by atoms with E-state index in [1.807, 2.05) is 4.90 Å². The predicted octanol–water partition coefficient (Wildman–Crippen LogP) is -0.155. The average Bonchev–Trinajstić information content (AvgIpc) is 2.23. The van der Waals surface area contributed by atoms with Gasteiger partial charge >= 0.3 is 0 Å². The summed E-state index contributed by atoms with van der Waals surface area (Å²) in [6.07, 6.45) is 2.49. The average molecular weight is 198 g/mol. The number of hydrogen-bond acceptors (Lipinski definition) is 3. The number of ether oxygens (including phenoxy) is 1. The summed E-state index contributed by atoms with van der Waals surface area (Å²) >= 11 is 0. The maximum atomic E-state index is 11.4. The molecule has 2 heterocycles. The van der Waals surface area contributed by atoms with Crippen LogP contribution in [0.1, 0.15) is 12.8 Å². The molecular weight excluding hydrogens is 180 g/mol. The number of nitrogens with one attached hydrogen (secondary N) is 1. The van der Waals surface area contributed by atoms with Gasteiger partial charge in [0.25, 0.3) is 0 Å². The smallest absolute Gasteiger partial charge is 0.248 e. The van der Waals surface area contributed by atoms with Crippen LogP contribution >= 0.6 is 0 Å². The molecule has 0 spiro atoms. The lowest BCUT2D eigenvalue weighted by atomic mass is 9.99. The zero-order chi connectivity index (χ0) is 9.80. The van der Waals surface area contributed by atoms with Crippen molar-refractivity contribution in [3.63, 3.8) is 0 Å². The molecule has 14 heavy (non-hydrogen) atoms. The standard InChI is InChI=1S/C10H18N2O2/c13-10-8-14-5-4-12(10)7-9-2-1-3-11-6-9/h9,11H,1-8H2. The highest BCUT2D eigenvalue weighted by Gasteiger charge is 2.22. The third-order valence-corrected chi connectivity index (χ3v) is 2.96. The number of rotatable bonds is 2. The normalized spacial score (nSPS) is 29.3. The molecule has 4 heteroatoms. The van der Waals surface area contributed by atoms with Gasteiger partial charge < -0.3 is 15.0 Å². The van der Waals surface area contributed by atoms with Gasteiger partial charge in [-0.1, -0.05) is 0 Å². The van der Waals surface area contributed by atoms with Crippen LogP contribution in [0.15, 0.2) is 0 Å². The van der Waals surface area contributed by atoms with Crippen molar-refractivity contribution in [2.24, 2.45) is 5.92 Å². The Balaban J connectivity index is 1.79. The number of carbonyl (C=O) groups is 1. The summed E-state index contributed by atoms with van der Waals surface area (Å²) in [5.74, 6) is 0.799. The molecule has 0 bridgehead atoms. The van der Waals surface area contributed by atoms with Gasteiger partial charge in [0, 0.05) is 13.1 Å². The molecule has 0 saturated carbocycles. The van der Waals surface area contributed by atoms with Gasteiger partial charge in [0.05, 0.1) is 6.61 Å². The number of morpholine rings is 1. The second-order valence-electron chi connectivity index (χ2n) is 4.10. The molecule has 2 saturated heterocycles. The summed E-state index contributed by atoms with van der Waals surface area (Å²) in [7, 11) is 0. The fraction of sp³-hybridized carbons (Fsp3) is 0.900. The van der Waals surface area contributed by atoms with Crippen molar-refractivity contribution in [2.75, 3.05) is 39.4 Å². The van der Waals surface area contributed by atoms with E-state index in [4.69, 9.17) is 4.74 Å². The second kappa shape index (κ2) is 4.75. The van der Waals surface area contributed by atoms with Crippen molar-refractivity contribution in [1.29, 1.82) is 0 Å². The molecule has 1 unspecified atom stereocenters. The number of nitrogens with zero attached hydrogens (tertiary/aromatic N) is 1. The molecule has 0 aromatic carbocycles. The summed E-state index contributed by atoms with van der Waals surface area (Å²) in [5, 5.41) is 3.37. The van der Waals surface area contributed by atoms with E-state index < -0.39 is 0 Å². The van der Waals surface area contributed by atoms with Gasteiger partial charge in [0.15, 0.2) is 0 Å². The van der Waals surface area contributed by atoms with Crippen LogP contribution < -0.4 is 5.32 Å². The van der Waals surface area contributed by atoms with E-state index in [1.165, 1.54) is 12.8 Å². The molecule has 0 aromatic heterocycles. The van der Waals surface area contributed by atoms with E-state index >= 15 is 0 Å². The van der Waals surface area contributed by atoms with E-state index in [2.05, 4.69) is 5.32 Å². The molecule has 2 aliphatic rings. The summed E-state index contributed by atoms with van der Waals surface area (Å²) in [6.45, 7) is 4.86. The highest BCUT2D eigenvalue weighted by molar-refractivity contribution is 5.77. The largest absolute Gasteiger partial charge is 0.370 e. The zero-order valence-electron chi connectivity index (χ0n) is 8.50. The first kappa shape index (κ1) is 9.93. The van der Waals surface area contributed by atoms with Gasteiger partial charge in [0.1, 0.15) is 6.61 Å². The maximum absolute atomic E-state index is 11.4. The lowest BCUT2D eigenvalue weighted by Crippen LogP contribution is -2.46. The van der Waals surface area contributed by atoms with Crippen molar-refractivity contribution >= 4 is 5.91 Å². The van der Waals surface area contributed by atoms with E-state index in [0.29, 0.717) is 12.5 Å². The van der Waals surface area contributed by atoms with E-state index in [0.717, 1.165) is 26.2 Å². The molecule has 2 aliphatic heterocycles. The molecule has 2 fully saturated rings. The van der Waals surface area contributed by atoms with Crippen molar-refractivity contribution in [2.45, 2.75) is 12.8 Å². The predicted molar refractivity (Wildman–Crippen MR) is 53.0 cm³/mol. The summed E-state index contributed by atoms with van der Waals surface area (Å²) < 4.78 is 5.09. The third-order valence-electron chi connectivity index (χ3n) is 2.96. The topological polar surface area (TPSA) is 41.6 Å². The van der Waals surface area contributed by atoms with Crippen LogP contribution in [0.2, 0.25) is 0 Å². The van der Waals surface area contributed by atoms with E-state index in [9.17, 15) is 4.79 Å². The van der Waals surface area contributed by atoms with E-state index in [1.54, 1.807) is 0 Å². The molecule has 0 radical (unpaired) electrons. The lowest BCUT2D eigenvalue weighted by molar-refractivity contribution is -0.143. The molecular formula is C10H18N2O2. The molecule has 2 rings (SSSR count). The SMILES string of the molecule is O=C1COCCN1CC1CCCNC1. The Morgan fingerprint density at radius 1 is 1.57 bits per heavy atom. The van der Waals surface area contributed by atoms with Gasteiger partial charge in [-0.15, -0.1) is 0 Å². The first-order valence-corrected chi connectivity index (χ1v) is 5.42. The van der Waals surface area contributed by atoms with Crippen molar-refractivity contribution in [1.82, 2.24) is 10.2 Å². The molecule has 1 N–H and O–H groups in total. The molecule has 1 atom stereocenters. The van der Waals surface area contributed by atoms with E-state index in [-0.39, 0.29) is 12.5 Å². The Morgan fingerprint density at radius 3 is 3.21 bits per heavy atom. The minimum atomic E-state index is 0.154. The molecule has 1 amide bonds. The number of piperidine rings is 1.